The number of nitrogens with zero attached hydrogens (tertiary/aromatic N) is 3. The van der Waals surface area contributed by atoms with E-state index in [4.69, 9.17) is 9.97 Å². The van der Waals surface area contributed by atoms with Crippen LogP contribution in [0.4, 0.5) is 0 Å². The predicted octanol–water partition coefficient (Wildman–Crippen LogP) is 20.4. The first-order valence-corrected chi connectivity index (χ1v) is 29.2. The number of fused-ring (bicyclic) bond motifs is 1. The molecule has 0 aliphatic heterocycles. The molecular formula is C78H64N3OPt-. The van der Waals surface area contributed by atoms with Gasteiger partial charge in [-0.3, -0.25) is 9.55 Å². The van der Waals surface area contributed by atoms with Gasteiger partial charge in [-0.15, -0.1) is 23.8 Å². The second kappa shape index (κ2) is 24.0. The Morgan fingerprint density at radius 3 is 1.70 bits per heavy atom. The number of imidazole rings is 1. The van der Waals surface area contributed by atoms with Crippen LogP contribution in [0, 0.1) is 12.0 Å². The fourth-order valence-electron chi connectivity index (χ4n) is 13.0. The average Bonchev–Trinajstić information content (AvgIpc) is 3.50. The van der Waals surface area contributed by atoms with E-state index < -0.39 is 11.8 Å². The number of aromatic hydroxyl groups is 1. The van der Waals surface area contributed by atoms with Gasteiger partial charge < -0.3 is 5.11 Å². The van der Waals surface area contributed by atoms with Crippen molar-refractivity contribution in [1.29, 1.82) is 0 Å². The second-order valence-electron chi connectivity index (χ2n) is 22.3. The maximum atomic E-state index is 12.9. The number of phenolic OH excluding ortho intramolecular Hbond substituents is 1. The molecule has 0 saturated heterocycles. The molecule has 83 heavy (non-hydrogen) atoms. The molecule has 0 spiro atoms. The number of hydrogen-bond donors (Lipinski definition) is 1. The zero-order chi connectivity index (χ0) is 56.6. The Hall–Kier alpha value is -8.69. The van der Waals surface area contributed by atoms with Gasteiger partial charge in [0.15, 0.2) is 0 Å². The molecule has 2 aromatic heterocycles. The van der Waals surface area contributed by atoms with Crippen molar-refractivity contribution in [2.45, 2.75) is 69.6 Å². The molecule has 2 aliphatic rings. The maximum Gasteiger partial charge on any atom is 0.148 e. The standard InChI is InChI=1S/C78H64N3O.Pt/c82-77-70(69-30-16-15-29-67(69)61-25-9-3-10-26-61)32-17-33-71(77)78-80-76-68(31-18-34-75(76)81(78)74-44-35-54(47-53-19-13-14-20-53)48-72(74)62-27-11-4-12-28-62)65-49-64(56-23-7-2-8-24-56)50-66(51-65)73-52-63(45-46-79-73)60-42-40-59(41-43-60)58-38-36-57(37-39-58)55-21-5-1-6-22-55;/h1-12,15-18,21-35,40-46,48-50,52-53,57-58,82H,13-14,19-20,36-39,47H2;/q-1;/i57D,58D;. The van der Waals surface area contributed by atoms with E-state index in [1.165, 1.54) is 31.2 Å². The van der Waals surface area contributed by atoms with Gasteiger partial charge in [-0.1, -0.05) is 249 Å². The molecule has 1 N–H and O–H groups in total. The molecule has 0 atom stereocenters. The molecule has 0 radical (unpaired) electrons. The Morgan fingerprint density at radius 1 is 0.446 bits per heavy atom. The largest absolute Gasteiger partial charge is 0.507 e. The van der Waals surface area contributed by atoms with Gasteiger partial charge in [0, 0.05) is 46.8 Å². The molecule has 12 aromatic rings. The number of para-hydroxylation sites is 2. The van der Waals surface area contributed by atoms with Crippen LogP contribution >= 0.6 is 0 Å². The van der Waals surface area contributed by atoms with E-state index in [2.05, 4.69) is 205 Å². The molecule has 0 bridgehead atoms. The summed E-state index contributed by atoms with van der Waals surface area (Å²) in [6.07, 6.45) is 10.6. The summed E-state index contributed by atoms with van der Waals surface area (Å²) in [6, 6.07) is 90.4. The van der Waals surface area contributed by atoms with Crippen LogP contribution in [-0.2, 0) is 27.5 Å². The van der Waals surface area contributed by atoms with Crippen LogP contribution in [-0.4, -0.2) is 19.6 Å². The van der Waals surface area contributed by atoms with Crippen molar-refractivity contribution in [2.24, 2.45) is 5.92 Å². The van der Waals surface area contributed by atoms with Crippen LogP contribution in [0.3, 0.4) is 0 Å². The Balaban J connectivity index is 0.00000672. The Morgan fingerprint density at radius 2 is 1.00 bits per heavy atom. The van der Waals surface area contributed by atoms with Crippen LogP contribution < -0.4 is 0 Å². The zero-order valence-corrected chi connectivity index (χ0v) is 48.6. The molecule has 2 saturated carbocycles. The minimum Gasteiger partial charge on any atom is -0.507 e. The molecule has 4 nitrogen and oxygen atoms in total. The summed E-state index contributed by atoms with van der Waals surface area (Å²) < 4.78 is 21.2. The first-order chi connectivity index (χ1) is 41.2. The van der Waals surface area contributed by atoms with E-state index in [1.807, 2.05) is 60.8 Å². The molecule has 0 unspecified atom stereocenters. The van der Waals surface area contributed by atoms with Gasteiger partial charge in [0.2, 0.25) is 0 Å². The third-order valence-corrected chi connectivity index (χ3v) is 17.2. The number of phenols is 1. The Labute approximate surface area is 505 Å². The summed E-state index contributed by atoms with van der Waals surface area (Å²) in [6.45, 7) is 0. The Bertz CT molecular complexity index is 4320. The molecule has 2 fully saturated rings. The van der Waals surface area contributed by atoms with Crippen molar-refractivity contribution in [3.63, 3.8) is 0 Å². The van der Waals surface area contributed by atoms with Gasteiger partial charge in [-0.05, 0) is 136 Å². The number of aromatic nitrogens is 3. The van der Waals surface area contributed by atoms with E-state index in [0.29, 0.717) is 43.0 Å². The second-order valence-corrected chi connectivity index (χ2v) is 22.3. The smallest absolute Gasteiger partial charge is 0.148 e. The van der Waals surface area contributed by atoms with Gasteiger partial charge in [-0.25, -0.2) is 4.98 Å². The summed E-state index contributed by atoms with van der Waals surface area (Å²) in [7, 11) is 0. The fraction of sp³-hybridized carbons (Fsp3) is 0.154. The normalized spacial score (nSPS) is 17.4. The van der Waals surface area contributed by atoms with E-state index in [-0.39, 0.29) is 26.8 Å². The van der Waals surface area contributed by atoms with Gasteiger partial charge >= 0.3 is 0 Å². The number of pyridine rings is 1. The molecular weight excluding hydrogens is 1190 g/mol. The van der Waals surface area contributed by atoms with Gasteiger partial charge in [0.1, 0.15) is 11.6 Å². The van der Waals surface area contributed by atoms with Crippen LogP contribution in [0.5, 0.6) is 5.75 Å². The minimum atomic E-state index is -0.744. The summed E-state index contributed by atoms with van der Waals surface area (Å²) >= 11 is 0. The number of rotatable bonds is 13. The van der Waals surface area contributed by atoms with Crippen molar-refractivity contribution in [3.8, 4) is 101 Å². The number of hydrogen-bond acceptors (Lipinski definition) is 3. The third kappa shape index (κ3) is 11.0. The summed E-state index contributed by atoms with van der Waals surface area (Å²) in [5.74, 6) is 0.0636. The van der Waals surface area contributed by atoms with E-state index in [1.54, 1.807) is 0 Å². The maximum absolute atomic E-state index is 12.9. The summed E-state index contributed by atoms with van der Waals surface area (Å²) in [5, 5.41) is 12.9. The summed E-state index contributed by atoms with van der Waals surface area (Å²) in [5.41, 5.74) is 20.2. The van der Waals surface area contributed by atoms with Crippen LogP contribution in [0.2, 0.25) is 0 Å². The molecule has 2 aliphatic carbocycles. The third-order valence-electron chi connectivity index (χ3n) is 17.2. The van der Waals surface area contributed by atoms with Crippen molar-refractivity contribution >= 4 is 11.0 Å². The quantitative estimate of drug-likeness (QED) is 0.117. The van der Waals surface area contributed by atoms with Crippen molar-refractivity contribution in [2.75, 3.05) is 0 Å². The van der Waals surface area contributed by atoms with E-state index >= 15 is 0 Å². The fourth-order valence-corrected chi connectivity index (χ4v) is 13.0. The summed E-state index contributed by atoms with van der Waals surface area (Å²) in [4.78, 5) is 10.7. The van der Waals surface area contributed by atoms with Crippen molar-refractivity contribution < 1.29 is 28.9 Å². The van der Waals surface area contributed by atoms with E-state index in [9.17, 15) is 7.85 Å². The van der Waals surface area contributed by atoms with Crippen LogP contribution in [0.25, 0.3) is 106 Å². The molecule has 408 valence electrons. The molecule has 5 heteroatoms. The first kappa shape index (κ1) is 51.2. The molecule has 0 amide bonds. The minimum absolute atomic E-state index is 0. The monoisotopic (exact) mass is 1260 g/mol. The van der Waals surface area contributed by atoms with Gasteiger partial charge in [0.25, 0.3) is 0 Å². The average molecular weight is 1260 g/mol. The van der Waals surface area contributed by atoms with Gasteiger partial charge in [0.05, 0.1) is 22.3 Å². The van der Waals surface area contributed by atoms with Gasteiger partial charge in [-0.2, -0.15) is 0 Å². The van der Waals surface area contributed by atoms with E-state index in [0.717, 1.165) is 112 Å². The SMILES string of the molecule is [2H]C1(c2ccccc2)CCC([2H])(c2ccc(-c3ccnc(-c4[c-]c(-c5cccc6c5nc(-c5cccc(-c7ccccc7-c7ccccc7)c5O)n6-c5ccc(CC6CCCC6)cc5-c5ccccc5)cc(-c5ccccc5)c4)c3)cc2)CC1.[Pt]. The topological polar surface area (TPSA) is 50.9 Å². The Kier molecular flexibility index (Phi) is 14.8. The molecule has 2 heterocycles. The number of benzene rings is 10. The van der Waals surface area contributed by atoms with Crippen LogP contribution in [0.1, 0.15) is 82.6 Å². The van der Waals surface area contributed by atoms with Crippen molar-refractivity contribution in [1.82, 2.24) is 14.5 Å². The van der Waals surface area contributed by atoms with Crippen LogP contribution in [0.15, 0.2) is 255 Å². The predicted molar refractivity (Wildman–Crippen MR) is 339 cm³/mol. The zero-order valence-electron chi connectivity index (χ0n) is 48.3. The molecule has 10 aromatic carbocycles. The first-order valence-electron chi connectivity index (χ1n) is 30.2. The van der Waals surface area contributed by atoms with Crippen molar-refractivity contribution in [3.05, 3.63) is 278 Å². The molecule has 14 rings (SSSR count).